The molecule has 19 heavy (non-hydrogen) atoms. The zero-order valence-corrected chi connectivity index (χ0v) is 11.7. The topological polar surface area (TPSA) is 72.8 Å². The van der Waals surface area contributed by atoms with Gasteiger partial charge in [0.15, 0.2) is 0 Å². The van der Waals surface area contributed by atoms with E-state index in [0.717, 1.165) is 19.6 Å². The number of likely N-dealkylation sites (N-methyl/N-ethyl adjacent to an activating group) is 1. The van der Waals surface area contributed by atoms with Crippen LogP contribution in [0.25, 0.3) is 0 Å². The molecule has 5 heteroatoms. The molecular formula is C14H22N2O3. The fraction of sp³-hybridized carbons (Fsp3) is 0.500. The van der Waals surface area contributed by atoms with E-state index in [-0.39, 0.29) is 29.0 Å². The highest BCUT2D eigenvalue weighted by Gasteiger charge is 2.15. The van der Waals surface area contributed by atoms with E-state index in [4.69, 9.17) is 0 Å². The maximum Gasteiger partial charge on any atom is 0.255 e. The zero-order chi connectivity index (χ0) is 14.4. The van der Waals surface area contributed by atoms with Crippen LogP contribution in [0.15, 0.2) is 18.2 Å². The van der Waals surface area contributed by atoms with Crippen molar-refractivity contribution in [2.45, 2.75) is 26.8 Å². The summed E-state index contributed by atoms with van der Waals surface area (Å²) >= 11 is 0. The van der Waals surface area contributed by atoms with Crippen LogP contribution >= 0.6 is 0 Å². The normalized spacial score (nSPS) is 12.4. The molecule has 1 rings (SSSR count). The van der Waals surface area contributed by atoms with Crippen molar-refractivity contribution in [3.63, 3.8) is 0 Å². The molecule has 1 amide bonds. The maximum absolute atomic E-state index is 12.0. The maximum atomic E-state index is 12.0. The molecule has 1 unspecified atom stereocenters. The van der Waals surface area contributed by atoms with Gasteiger partial charge in [0.05, 0.1) is 5.56 Å². The fourth-order valence-electron chi connectivity index (χ4n) is 1.92. The van der Waals surface area contributed by atoms with E-state index < -0.39 is 0 Å². The summed E-state index contributed by atoms with van der Waals surface area (Å²) in [4.78, 5) is 14.2. The van der Waals surface area contributed by atoms with Gasteiger partial charge in [-0.05, 0) is 38.2 Å². The first-order chi connectivity index (χ1) is 8.97. The van der Waals surface area contributed by atoms with Gasteiger partial charge in [-0.2, -0.15) is 0 Å². The number of amides is 1. The lowest BCUT2D eigenvalue weighted by Crippen LogP contribution is -2.41. The minimum Gasteiger partial charge on any atom is -0.508 e. The third-order valence-corrected chi connectivity index (χ3v) is 3.03. The minimum atomic E-state index is -0.381. The van der Waals surface area contributed by atoms with Gasteiger partial charge in [0, 0.05) is 12.6 Å². The number of phenolic OH excluding ortho intramolecular Hbond substituents is 2. The Hall–Kier alpha value is -1.75. The molecule has 3 N–H and O–H groups in total. The SMILES string of the molecule is CCN(CC)CC(C)NC(=O)c1cc(O)ccc1O. The van der Waals surface area contributed by atoms with Crippen molar-refractivity contribution in [1.29, 1.82) is 0 Å². The van der Waals surface area contributed by atoms with Crippen molar-refractivity contribution in [3.8, 4) is 11.5 Å². The Labute approximate surface area is 113 Å². The molecule has 106 valence electrons. The Bertz CT molecular complexity index is 431. The highest BCUT2D eigenvalue weighted by molar-refractivity contribution is 5.97. The minimum absolute atomic E-state index is 0.0332. The number of carbonyl (C=O) groups is 1. The summed E-state index contributed by atoms with van der Waals surface area (Å²) in [6.45, 7) is 8.65. The highest BCUT2D eigenvalue weighted by Crippen LogP contribution is 2.21. The average Bonchev–Trinajstić information content (AvgIpc) is 2.38. The molecule has 1 aromatic rings. The molecule has 1 aromatic carbocycles. The third-order valence-electron chi connectivity index (χ3n) is 3.03. The van der Waals surface area contributed by atoms with Crippen LogP contribution in [-0.4, -0.2) is 46.7 Å². The molecule has 0 radical (unpaired) electrons. The molecule has 0 aliphatic rings. The van der Waals surface area contributed by atoms with Gasteiger partial charge in [-0.3, -0.25) is 4.79 Å². The van der Waals surface area contributed by atoms with Crippen LogP contribution in [0.2, 0.25) is 0 Å². The van der Waals surface area contributed by atoms with E-state index in [2.05, 4.69) is 24.1 Å². The average molecular weight is 266 g/mol. The Morgan fingerprint density at radius 3 is 2.53 bits per heavy atom. The molecule has 0 bridgehead atoms. The van der Waals surface area contributed by atoms with Crippen LogP contribution in [-0.2, 0) is 0 Å². The lowest BCUT2D eigenvalue weighted by atomic mass is 10.1. The van der Waals surface area contributed by atoms with Crippen LogP contribution in [0.5, 0.6) is 11.5 Å². The van der Waals surface area contributed by atoms with E-state index in [0.29, 0.717) is 0 Å². The fourth-order valence-corrected chi connectivity index (χ4v) is 1.92. The van der Waals surface area contributed by atoms with E-state index in [1.807, 2.05) is 6.92 Å². The first-order valence-electron chi connectivity index (χ1n) is 6.53. The largest absolute Gasteiger partial charge is 0.508 e. The number of hydrogen-bond donors (Lipinski definition) is 3. The molecule has 0 aromatic heterocycles. The van der Waals surface area contributed by atoms with Gasteiger partial charge < -0.3 is 20.4 Å². The first kappa shape index (κ1) is 15.3. The van der Waals surface area contributed by atoms with Gasteiger partial charge in [0.1, 0.15) is 11.5 Å². The Kier molecular flexibility index (Phi) is 5.63. The number of nitrogens with zero attached hydrogens (tertiary/aromatic N) is 1. The van der Waals surface area contributed by atoms with Crippen molar-refractivity contribution < 1.29 is 15.0 Å². The standard InChI is InChI=1S/C14H22N2O3/c1-4-16(5-2)9-10(3)15-14(19)12-8-11(17)6-7-13(12)18/h6-8,10,17-18H,4-5,9H2,1-3H3,(H,15,19). The highest BCUT2D eigenvalue weighted by atomic mass is 16.3. The quantitative estimate of drug-likeness (QED) is 0.683. The monoisotopic (exact) mass is 266 g/mol. The van der Waals surface area contributed by atoms with E-state index in [1.54, 1.807) is 0 Å². The predicted molar refractivity (Wildman–Crippen MR) is 74.5 cm³/mol. The summed E-state index contributed by atoms with van der Waals surface area (Å²) in [5, 5.41) is 21.8. The molecule has 0 saturated carbocycles. The molecule has 0 saturated heterocycles. The number of nitrogens with one attached hydrogen (secondary N) is 1. The Morgan fingerprint density at radius 2 is 1.95 bits per heavy atom. The summed E-state index contributed by atoms with van der Waals surface area (Å²) in [6, 6.07) is 3.87. The number of benzene rings is 1. The molecule has 5 nitrogen and oxygen atoms in total. The number of hydrogen-bond acceptors (Lipinski definition) is 4. The summed E-state index contributed by atoms with van der Waals surface area (Å²) in [6.07, 6.45) is 0. The lowest BCUT2D eigenvalue weighted by Gasteiger charge is -2.23. The summed E-state index contributed by atoms with van der Waals surface area (Å²) in [5.74, 6) is -0.558. The van der Waals surface area contributed by atoms with Gasteiger partial charge in [0.2, 0.25) is 0 Å². The third kappa shape index (κ3) is 4.44. The van der Waals surface area contributed by atoms with Gasteiger partial charge in [-0.1, -0.05) is 13.8 Å². The smallest absolute Gasteiger partial charge is 0.255 e. The Balaban J connectivity index is 2.66. The van der Waals surface area contributed by atoms with Crippen LogP contribution in [0, 0.1) is 0 Å². The van der Waals surface area contributed by atoms with Crippen molar-refractivity contribution in [2.75, 3.05) is 19.6 Å². The van der Waals surface area contributed by atoms with Crippen LogP contribution in [0.3, 0.4) is 0 Å². The molecule has 0 heterocycles. The molecule has 0 spiro atoms. The summed E-state index contributed by atoms with van der Waals surface area (Å²) < 4.78 is 0. The van der Waals surface area contributed by atoms with Gasteiger partial charge in [-0.15, -0.1) is 0 Å². The molecule has 0 fully saturated rings. The second-order valence-electron chi connectivity index (χ2n) is 4.56. The number of carbonyl (C=O) groups excluding carboxylic acids is 1. The van der Waals surface area contributed by atoms with Crippen LogP contribution in [0.1, 0.15) is 31.1 Å². The predicted octanol–water partition coefficient (Wildman–Crippen LogP) is 1.56. The number of aromatic hydroxyl groups is 2. The molecule has 1 atom stereocenters. The second-order valence-corrected chi connectivity index (χ2v) is 4.56. The zero-order valence-electron chi connectivity index (χ0n) is 11.7. The van der Waals surface area contributed by atoms with Gasteiger partial charge >= 0.3 is 0 Å². The van der Waals surface area contributed by atoms with Gasteiger partial charge in [-0.25, -0.2) is 0 Å². The summed E-state index contributed by atoms with van der Waals surface area (Å²) in [7, 11) is 0. The van der Waals surface area contributed by atoms with Crippen molar-refractivity contribution >= 4 is 5.91 Å². The second kappa shape index (κ2) is 6.99. The number of phenols is 2. The van der Waals surface area contributed by atoms with Crippen molar-refractivity contribution in [2.24, 2.45) is 0 Å². The number of rotatable bonds is 6. The molecule has 0 aliphatic carbocycles. The van der Waals surface area contributed by atoms with Crippen LogP contribution in [0.4, 0.5) is 0 Å². The van der Waals surface area contributed by atoms with E-state index in [9.17, 15) is 15.0 Å². The van der Waals surface area contributed by atoms with Crippen molar-refractivity contribution in [1.82, 2.24) is 10.2 Å². The molecule has 0 aliphatic heterocycles. The van der Waals surface area contributed by atoms with Gasteiger partial charge in [0.25, 0.3) is 5.91 Å². The van der Waals surface area contributed by atoms with E-state index in [1.165, 1.54) is 18.2 Å². The van der Waals surface area contributed by atoms with E-state index >= 15 is 0 Å². The van der Waals surface area contributed by atoms with Crippen LogP contribution < -0.4 is 5.32 Å². The molecular weight excluding hydrogens is 244 g/mol. The first-order valence-corrected chi connectivity index (χ1v) is 6.53. The Morgan fingerprint density at radius 1 is 1.32 bits per heavy atom. The van der Waals surface area contributed by atoms with Crippen molar-refractivity contribution in [3.05, 3.63) is 23.8 Å². The lowest BCUT2D eigenvalue weighted by molar-refractivity contribution is 0.0927. The summed E-state index contributed by atoms with van der Waals surface area (Å²) in [5.41, 5.74) is 0.0893.